The lowest BCUT2D eigenvalue weighted by Crippen LogP contribution is -2.32. The van der Waals surface area contributed by atoms with Crippen LogP contribution < -0.4 is 0 Å². The third kappa shape index (κ3) is 4.89. The number of carbonyl (C=O) groups excluding carboxylic acids is 1. The summed E-state index contributed by atoms with van der Waals surface area (Å²) < 4.78 is 2.06. The van der Waals surface area contributed by atoms with Crippen molar-refractivity contribution in [1.29, 1.82) is 0 Å². The van der Waals surface area contributed by atoms with Gasteiger partial charge in [-0.15, -0.1) is 0 Å². The number of hydrogen-bond acceptors (Lipinski definition) is 3. The SMILES string of the molecule is CCCN(Cc1cccn1Cc1ccccc1Cl)C(=O)c1ccc(C)c([N+](=O)[O-])c1. The van der Waals surface area contributed by atoms with Gasteiger partial charge in [-0.2, -0.15) is 0 Å². The number of hydrogen-bond donors (Lipinski definition) is 0. The lowest BCUT2D eigenvalue weighted by molar-refractivity contribution is -0.385. The molecule has 0 saturated carbocycles. The highest BCUT2D eigenvalue weighted by atomic mass is 35.5. The van der Waals surface area contributed by atoms with Crippen LogP contribution >= 0.6 is 11.6 Å². The zero-order valence-corrected chi connectivity index (χ0v) is 17.8. The van der Waals surface area contributed by atoms with Crippen LogP contribution in [0.5, 0.6) is 0 Å². The van der Waals surface area contributed by atoms with Gasteiger partial charge in [0.15, 0.2) is 0 Å². The number of carbonyl (C=O) groups is 1. The molecular formula is C23H24ClN3O3. The van der Waals surface area contributed by atoms with Gasteiger partial charge in [-0.25, -0.2) is 0 Å². The molecule has 2 aromatic carbocycles. The Balaban J connectivity index is 1.84. The molecule has 3 aromatic rings. The number of nitrogens with zero attached hydrogens (tertiary/aromatic N) is 3. The van der Waals surface area contributed by atoms with Gasteiger partial charge < -0.3 is 9.47 Å². The van der Waals surface area contributed by atoms with E-state index in [1.54, 1.807) is 24.0 Å². The van der Waals surface area contributed by atoms with Crippen molar-refractivity contribution in [3.05, 3.63) is 98.3 Å². The normalized spacial score (nSPS) is 10.8. The number of halogens is 1. The third-order valence-electron chi connectivity index (χ3n) is 5.01. The standard InChI is InChI=1S/C23H24ClN3O3/c1-3-12-26(23(28)18-11-10-17(2)22(14-18)27(29)30)16-20-8-6-13-25(20)15-19-7-4-5-9-21(19)24/h4-11,13-14H,3,12,15-16H2,1-2H3. The fourth-order valence-electron chi connectivity index (χ4n) is 3.40. The second-order valence-electron chi connectivity index (χ2n) is 7.20. The minimum Gasteiger partial charge on any atom is -0.345 e. The van der Waals surface area contributed by atoms with Crippen molar-refractivity contribution in [3.63, 3.8) is 0 Å². The van der Waals surface area contributed by atoms with Crippen LogP contribution in [-0.2, 0) is 13.1 Å². The average molecular weight is 426 g/mol. The molecule has 0 aliphatic heterocycles. The molecule has 0 fully saturated rings. The molecule has 1 amide bonds. The van der Waals surface area contributed by atoms with Crippen molar-refractivity contribution in [2.45, 2.75) is 33.4 Å². The van der Waals surface area contributed by atoms with Gasteiger partial charge >= 0.3 is 0 Å². The Morgan fingerprint density at radius 1 is 1.17 bits per heavy atom. The number of nitro benzene ring substituents is 1. The lowest BCUT2D eigenvalue weighted by Gasteiger charge is -2.23. The van der Waals surface area contributed by atoms with Crippen LogP contribution in [0.3, 0.4) is 0 Å². The van der Waals surface area contributed by atoms with Gasteiger partial charge in [0.1, 0.15) is 0 Å². The average Bonchev–Trinajstić information content (AvgIpc) is 3.15. The summed E-state index contributed by atoms with van der Waals surface area (Å²) in [7, 11) is 0. The van der Waals surface area contributed by atoms with Crippen molar-refractivity contribution < 1.29 is 9.72 Å². The van der Waals surface area contributed by atoms with Gasteiger partial charge in [0.05, 0.1) is 11.5 Å². The first-order valence-electron chi connectivity index (χ1n) is 9.82. The number of amides is 1. The summed E-state index contributed by atoms with van der Waals surface area (Å²) in [5.74, 6) is -0.217. The summed E-state index contributed by atoms with van der Waals surface area (Å²) in [4.78, 5) is 25.7. The molecule has 6 nitrogen and oxygen atoms in total. The Bertz CT molecular complexity index is 1060. The molecule has 0 bridgehead atoms. The van der Waals surface area contributed by atoms with Crippen LogP contribution in [0.15, 0.2) is 60.8 Å². The number of aromatic nitrogens is 1. The molecule has 0 unspecified atom stereocenters. The van der Waals surface area contributed by atoms with Crippen molar-refractivity contribution in [3.8, 4) is 0 Å². The molecule has 30 heavy (non-hydrogen) atoms. The first kappa shape index (κ1) is 21.6. The summed E-state index contributed by atoms with van der Waals surface area (Å²) in [6.45, 7) is 5.23. The predicted octanol–water partition coefficient (Wildman–Crippen LogP) is 5.46. The van der Waals surface area contributed by atoms with E-state index in [1.807, 2.05) is 49.5 Å². The Hall–Kier alpha value is -3.12. The van der Waals surface area contributed by atoms with E-state index in [0.717, 1.165) is 17.7 Å². The maximum atomic E-state index is 13.1. The van der Waals surface area contributed by atoms with Gasteiger partial charge in [-0.1, -0.05) is 42.8 Å². The monoisotopic (exact) mass is 425 g/mol. The fourth-order valence-corrected chi connectivity index (χ4v) is 3.59. The molecule has 0 radical (unpaired) electrons. The number of rotatable bonds is 8. The van der Waals surface area contributed by atoms with E-state index in [2.05, 4.69) is 4.57 Å². The van der Waals surface area contributed by atoms with E-state index in [0.29, 0.717) is 35.8 Å². The summed E-state index contributed by atoms with van der Waals surface area (Å²) in [6.07, 6.45) is 2.74. The minimum absolute atomic E-state index is 0.0422. The molecule has 0 spiro atoms. The largest absolute Gasteiger partial charge is 0.345 e. The zero-order chi connectivity index (χ0) is 21.7. The van der Waals surface area contributed by atoms with E-state index in [4.69, 9.17) is 11.6 Å². The Morgan fingerprint density at radius 3 is 2.63 bits per heavy atom. The highest BCUT2D eigenvalue weighted by molar-refractivity contribution is 6.31. The summed E-state index contributed by atoms with van der Waals surface area (Å²) >= 11 is 6.30. The molecule has 1 aromatic heterocycles. The maximum absolute atomic E-state index is 13.1. The highest BCUT2D eigenvalue weighted by Gasteiger charge is 2.20. The first-order valence-corrected chi connectivity index (χ1v) is 10.2. The van der Waals surface area contributed by atoms with Crippen LogP contribution in [0.25, 0.3) is 0 Å². The van der Waals surface area contributed by atoms with E-state index in [-0.39, 0.29) is 11.6 Å². The van der Waals surface area contributed by atoms with E-state index in [1.165, 1.54) is 6.07 Å². The van der Waals surface area contributed by atoms with Crippen LogP contribution in [0, 0.1) is 17.0 Å². The Kier molecular flexibility index (Phi) is 6.90. The molecule has 0 saturated heterocycles. The number of benzene rings is 2. The number of nitro groups is 1. The molecule has 1 heterocycles. The molecule has 0 aliphatic rings. The van der Waals surface area contributed by atoms with Gasteiger partial charge in [0.2, 0.25) is 0 Å². The topological polar surface area (TPSA) is 68.4 Å². The van der Waals surface area contributed by atoms with Crippen LogP contribution in [-0.4, -0.2) is 26.8 Å². The summed E-state index contributed by atoms with van der Waals surface area (Å²) in [5.41, 5.74) is 2.79. The van der Waals surface area contributed by atoms with Crippen molar-refractivity contribution >= 4 is 23.2 Å². The van der Waals surface area contributed by atoms with E-state index < -0.39 is 4.92 Å². The zero-order valence-electron chi connectivity index (χ0n) is 17.0. The predicted molar refractivity (Wildman–Crippen MR) is 118 cm³/mol. The molecular weight excluding hydrogens is 402 g/mol. The third-order valence-corrected chi connectivity index (χ3v) is 5.38. The Labute approximate surface area is 180 Å². The summed E-state index contributed by atoms with van der Waals surface area (Å²) in [6, 6.07) is 16.2. The Morgan fingerprint density at radius 2 is 1.93 bits per heavy atom. The van der Waals surface area contributed by atoms with Crippen LogP contribution in [0.2, 0.25) is 5.02 Å². The van der Waals surface area contributed by atoms with Crippen LogP contribution in [0.4, 0.5) is 5.69 Å². The fraction of sp³-hybridized carbons (Fsp3) is 0.261. The van der Waals surface area contributed by atoms with Gasteiger partial charge in [-0.05, 0) is 43.2 Å². The van der Waals surface area contributed by atoms with Gasteiger partial charge in [-0.3, -0.25) is 14.9 Å². The van der Waals surface area contributed by atoms with Crippen molar-refractivity contribution in [2.75, 3.05) is 6.54 Å². The van der Waals surface area contributed by atoms with Gasteiger partial charge in [0, 0.05) is 47.2 Å². The first-order chi connectivity index (χ1) is 14.4. The summed E-state index contributed by atoms with van der Waals surface area (Å²) in [5, 5.41) is 12.0. The van der Waals surface area contributed by atoms with Crippen molar-refractivity contribution in [2.24, 2.45) is 0 Å². The van der Waals surface area contributed by atoms with Gasteiger partial charge in [0.25, 0.3) is 11.6 Å². The second-order valence-corrected chi connectivity index (χ2v) is 7.61. The quantitative estimate of drug-likeness (QED) is 0.355. The lowest BCUT2D eigenvalue weighted by atomic mass is 10.1. The van der Waals surface area contributed by atoms with E-state index in [9.17, 15) is 14.9 Å². The highest BCUT2D eigenvalue weighted by Crippen LogP contribution is 2.22. The maximum Gasteiger partial charge on any atom is 0.273 e. The smallest absolute Gasteiger partial charge is 0.273 e. The molecule has 7 heteroatoms. The molecule has 156 valence electrons. The molecule has 0 N–H and O–H groups in total. The number of aryl methyl sites for hydroxylation is 1. The second kappa shape index (κ2) is 9.59. The minimum atomic E-state index is -0.453. The molecule has 0 atom stereocenters. The van der Waals surface area contributed by atoms with Crippen LogP contribution in [0.1, 0.15) is 40.5 Å². The molecule has 0 aliphatic carbocycles. The van der Waals surface area contributed by atoms with E-state index >= 15 is 0 Å². The van der Waals surface area contributed by atoms with Crippen molar-refractivity contribution in [1.82, 2.24) is 9.47 Å². The molecule has 3 rings (SSSR count).